The number of fused-ring (bicyclic) bond motifs is 1. The predicted octanol–water partition coefficient (Wildman–Crippen LogP) is 6.20. The van der Waals surface area contributed by atoms with Gasteiger partial charge in [-0.15, -0.1) is 0 Å². The van der Waals surface area contributed by atoms with E-state index in [1.807, 2.05) is 24.3 Å². The number of piperidine rings is 3. The molecule has 4 aromatic carbocycles. The molecule has 3 amide bonds. The molecule has 0 aliphatic carbocycles. The van der Waals surface area contributed by atoms with E-state index in [-0.39, 0.29) is 24.1 Å². The lowest BCUT2D eigenvalue weighted by Crippen LogP contribution is -2.52. The van der Waals surface area contributed by atoms with E-state index in [1.165, 1.54) is 28.0 Å². The van der Waals surface area contributed by atoms with Crippen molar-refractivity contribution < 1.29 is 24.1 Å². The van der Waals surface area contributed by atoms with Gasteiger partial charge in [0.1, 0.15) is 11.8 Å². The zero-order valence-corrected chi connectivity index (χ0v) is 32.7. The average Bonchev–Trinajstić information content (AvgIpc) is 3.58. The van der Waals surface area contributed by atoms with Crippen LogP contribution in [0.1, 0.15) is 84.5 Å². The number of nitrogens with one attached hydrogen (secondary N) is 2. The summed E-state index contributed by atoms with van der Waals surface area (Å²) in [6.45, 7) is 7.66. The fraction of sp³-hybridized carbons (Fsp3) is 0.370. The number of hydrogen-bond donors (Lipinski definition) is 3. The standard InChI is InChI=1S/C46H51BN5O5/c1-2-40(32-6-4-3-5-7-32)44(34-10-15-39(16-11-34)57-47-56)33-8-12-37(13-9-33)50-24-20-31(21-25-50)29-48-36-22-26-51(27-23-36)38-14-17-41-35(28-38)30-52(46(41)55)42-18-19-43(53)49-45(42)54/h3-17,28,31,36,42,48,56H,2,18-27,29-30H2,1H3,(H,49,53,54)/b44-40+. The summed E-state index contributed by atoms with van der Waals surface area (Å²) >= 11 is 0. The Morgan fingerprint density at radius 2 is 1.44 bits per heavy atom. The highest BCUT2D eigenvalue weighted by Crippen LogP contribution is 2.37. The Labute approximate surface area is 336 Å². The number of nitrogens with zero attached hydrogens (tertiary/aromatic N) is 3. The number of rotatable bonds is 12. The summed E-state index contributed by atoms with van der Waals surface area (Å²) in [7, 11) is 0.711. The number of allylic oxidation sites excluding steroid dienone is 1. The molecular formula is C46H51BN5O5. The van der Waals surface area contributed by atoms with Gasteiger partial charge in [-0.2, -0.15) is 0 Å². The van der Waals surface area contributed by atoms with E-state index in [0.29, 0.717) is 43.9 Å². The van der Waals surface area contributed by atoms with E-state index in [1.54, 1.807) is 4.90 Å². The molecule has 11 heteroatoms. The Balaban J connectivity index is 0.829. The van der Waals surface area contributed by atoms with E-state index in [0.717, 1.165) is 81.6 Å². The van der Waals surface area contributed by atoms with Crippen LogP contribution in [0, 0.1) is 5.92 Å². The Morgan fingerprint density at radius 1 is 0.789 bits per heavy atom. The number of imide groups is 1. The molecule has 0 bridgehead atoms. The molecule has 1 radical (unpaired) electrons. The van der Waals surface area contributed by atoms with Crippen LogP contribution in [0.3, 0.4) is 0 Å². The molecule has 4 aliphatic heterocycles. The average molecular weight is 765 g/mol. The van der Waals surface area contributed by atoms with Crippen LogP contribution in [0.2, 0.25) is 0 Å². The molecule has 0 aromatic heterocycles. The molecular weight excluding hydrogens is 713 g/mol. The summed E-state index contributed by atoms with van der Waals surface area (Å²) in [6.07, 6.45) is 5.99. The molecule has 3 fully saturated rings. The zero-order chi connectivity index (χ0) is 39.3. The third-order valence-electron chi connectivity index (χ3n) is 12.3. The molecule has 0 spiro atoms. The van der Waals surface area contributed by atoms with Gasteiger partial charge in [0, 0.05) is 62.1 Å². The number of carbonyl (C=O) groups excluding carboxylic acids is 3. The third-order valence-corrected chi connectivity index (χ3v) is 12.3. The minimum atomic E-state index is -0.591. The lowest BCUT2D eigenvalue weighted by atomic mass is 9.88. The first kappa shape index (κ1) is 38.5. The van der Waals surface area contributed by atoms with Crippen LogP contribution in [0.25, 0.3) is 11.1 Å². The summed E-state index contributed by atoms with van der Waals surface area (Å²) in [5.74, 6) is 0.474. The smallest absolute Gasteiger partial charge is 0.537 e. The summed E-state index contributed by atoms with van der Waals surface area (Å²) in [4.78, 5) is 43.8. The lowest BCUT2D eigenvalue weighted by Gasteiger charge is -2.37. The van der Waals surface area contributed by atoms with E-state index < -0.39 is 6.04 Å². The molecule has 8 rings (SSSR count). The first-order chi connectivity index (χ1) is 27.9. The summed E-state index contributed by atoms with van der Waals surface area (Å²) in [5.41, 5.74) is 9.98. The van der Waals surface area contributed by atoms with Crippen LogP contribution in [0.15, 0.2) is 97.1 Å². The molecule has 293 valence electrons. The molecule has 1 unspecified atom stereocenters. The minimum Gasteiger partial charge on any atom is -0.537 e. The van der Waals surface area contributed by atoms with Gasteiger partial charge in [0.2, 0.25) is 11.8 Å². The Bertz CT molecular complexity index is 2090. The van der Waals surface area contributed by atoms with Crippen LogP contribution in [0.5, 0.6) is 5.75 Å². The SMILES string of the molecule is CC/C(=C(\c1ccc(O[B]O)cc1)c1ccc(N2CCC(CNC3CCN(c4ccc5c(c4)CN(C4CCC(=O)NC4=O)C5=O)CC3)CC2)cc1)c1ccccc1. The summed E-state index contributed by atoms with van der Waals surface area (Å²) in [6, 6.07) is 33.5. The van der Waals surface area contributed by atoms with Gasteiger partial charge in [-0.25, -0.2) is 0 Å². The van der Waals surface area contributed by atoms with Crippen LogP contribution in [-0.2, 0) is 16.1 Å². The zero-order valence-electron chi connectivity index (χ0n) is 32.7. The van der Waals surface area contributed by atoms with Crippen molar-refractivity contribution in [2.75, 3.05) is 42.5 Å². The highest BCUT2D eigenvalue weighted by atomic mass is 16.5. The van der Waals surface area contributed by atoms with Gasteiger partial charge in [0.25, 0.3) is 5.91 Å². The van der Waals surface area contributed by atoms with Crippen molar-refractivity contribution in [3.8, 4) is 5.75 Å². The normalized spacial score (nSPS) is 19.6. The second kappa shape index (κ2) is 17.4. The summed E-state index contributed by atoms with van der Waals surface area (Å²) < 4.78 is 5.19. The maximum Gasteiger partial charge on any atom is 0.569 e. The van der Waals surface area contributed by atoms with Crippen molar-refractivity contribution in [2.24, 2.45) is 5.92 Å². The predicted molar refractivity (Wildman–Crippen MR) is 225 cm³/mol. The van der Waals surface area contributed by atoms with Gasteiger partial charge < -0.3 is 29.7 Å². The van der Waals surface area contributed by atoms with Crippen molar-refractivity contribution in [2.45, 2.75) is 70.5 Å². The molecule has 1 atom stereocenters. The van der Waals surface area contributed by atoms with Gasteiger partial charge >= 0.3 is 7.69 Å². The van der Waals surface area contributed by atoms with Crippen LogP contribution in [0.4, 0.5) is 11.4 Å². The van der Waals surface area contributed by atoms with E-state index in [9.17, 15) is 14.4 Å². The first-order valence-electron chi connectivity index (χ1n) is 20.5. The summed E-state index contributed by atoms with van der Waals surface area (Å²) in [5, 5.41) is 15.4. The van der Waals surface area contributed by atoms with Crippen molar-refractivity contribution >= 4 is 47.9 Å². The van der Waals surface area contributed by atoms with E-state index >= 15 is 0 Å². The first-order valence-corrected chi connectivity index (χ1v) is 20.5. The van der Waals surface area contributed by atoms with Gasteiger partial charge in [-0.05, 0) is 127 Å². The molecule has 4 aliphatic rings. The van der Waals surface area contributed by atoms with E-state index in [4.69, 9.17) is 9.68 Å². The van der Waals surface area contributed by atoms with Crippen molar-refractivity contribution in [3.63, 3.8) is 0 Å². The number of hydrogen-bond acceptors (Lipinski definition) is 8. The van der Waals surface area contributed by atoms with Crippen LogP contribution in [-0.4, -0.2) is 80.1 Å². The van der Waals surface area contributed by atoms with Gasteiger partial charge in [-0.3, -0.25) is 19.7 Å². The highest BCUT2D eigenvalue weighted by Gasteiger charge is 2.39. The topological polar surface area (TPSA) is 114 Å². The molecule has 10 nitrogen and oxygen atoms in total. The second-order valence-electron chi connectivity index (χ2n) is 15.7. The minimum absolute atomic E-state index is 0.127. The maximum absolute atomic E-state index is 13.1. The lowest BCUT2D eigenvalue weighted by molar-refractivity contribution is -0.136. The third kappa shape index (κ3) is 8.50. The fourth-order valence-corrected chi connectivity index (χ4v) is 9.11. The largest absolute Gasteiger partial charge is 0.569 e. The Kier molecular flexibility index (Phi) is 11.8. The van der Waals surface area contributed by atoms with Crippen molar-refractivity contribution in [3.05, 3.63) is 125 Å². The molecule has 3 N–H and O–H groups in total. The van der Waals surface area contributed by atoms with Crippen LogP contribution >= 0.6 is 0 Å². The van der Waals surface area contributed by atoms with Gasteiger partial charge in [0.05, 0.1) is 0 Å². The number of carbonyl (C=O) groups is 3. The quantitative estimate of drug-likeness (QED) is 0.0889. The van der Waals surface area contributed by atoms with Crippen molar-refractivity contribution in [1.82, 2.24) is 15.5 Å². The molecule has 4 heterocycles. The number of anilines is 2. The Morgan fingerprint density at radius 3 is 2.11 bits per heavy atom. The second-order valence-corrected chi connectivity index (χ2v) is 15.7. The maximum atomic E-state index is 13.1. The molecule has 57 heavy (non-hydrogen) atoms. The number of benzene rings is 4. The number of amides is 3. The van der Waals surface area contributed by atoms with Crippen LogP contribution < -0.4 is 25.1 Å². The van der Waals surface area contributed by atoms with E-state index in [2.05, 4.69) is 100 Å². The van der Waals surface area contributed by atoms with Crippen molar-refractivity contribution in [1.29, 1.82) is 0 Å². The Hall–Kier alpha value is -5.39. The molecule has 4 aromatic rings. The van der Waals surface area contributed by atoms with Gasteiger partial charge in [0.15, 0.2) is 0 Å². The monoisotopic (exact) mass is 764 g/mol. The highest BCUT2D eigenvalue weighted by molar-refractivity contribution is 6.17. The van der Waals surface area contributed by atoms with Gasteiger partial charge in [-0.1, -0.05) is 61.5 Å². The fourth-order valence-electron chi connectivity index (χ4n) is 9.11. The molecule has 0 saturated carbocycles. The molecule has 3 saturated heterocycles.